The van der Waals surface area contributed by atoms with E-state index in [0.29, 0.717) is 18.0 Å². The topological polar surface area (TPSA) is 73.3 Å². The Morgan fingerprint density at radius 3 is 2.63 bits per heavy atom. The average Bonchev–Trinajstić information content (AvgIpc) is 2.39. The summed E-state index contributed by atoms with van der Waals surface area (Å²) in [7, 11) is 0. The van der Waals surface area contributed by atoms with Gasteiger partial charge in [-0.15, -0.1) is 0 Å². The van der Waals surface area contributed by atoms with E-state index in [4.69, 9.17) is 16.2 Å². The van der Waals surface area contributed by atoms with E-state index < -0.39 is 0 Å². The van der Waals surface area contributed by atoms with E-state index in [1.165, 1.54) is 12.1 Å². The Labute approximate surface area is 112 Å². The van der Waals surface area contributed by atoms with Crippen molar-refractivity contribution in [3.8, 4) is 0 Å². The number of likely N-dealkylation sites (tertiary alicyclic amines) is 1. The smallest absolute Gasteiger partial charge is 0.124 e. The van der Waals surface area contributed by atoms with Gasteiger partial charge in [-0.25, -0.2) is 4.39 Å². The summed E-state index contributed by atoms with van der Waals surface area (Å²) in [6.07, 6.45) is 1.96. The second-order valence-electron chi connectivity index (χ2n) is 5.16. The highest BCUT2D eigenvalue weighted by Crippen LogP contribution is 2.19. The van der Waals surface area contributed by atoms with Crippen molar-refractivity contribution in [1.82, 2.24) is 4.90 Å². The van der Waals surface area contributed by atoms with Crippen LogP contribution in [0.15, 0.2) is 18.2 Å². The van der Waals surface area contributed by atoms with Crippen LogP contribution in [0.1, 0.15) is 24.0 Å². The number of nitrogens with two attached hydrogens (primary N) is 1. The first-order valence-electron chi connectivity index (χ1n) is 6.55. The maximum absolute atomic E-state index is 13.5. The fraction of sp³-hybridized carbons (Fsp3) is 0.500. The van der Waals surface area contributed by atoms with E-state index >= 15 is 0 Å². The molecule has 4 nitrogen and oxygen atoms in total. The molecule has 1 aromatic carbocycles. The minimum atomic E-state index is -0.354. The number of rotatable bonds is 4. The zero-order chi connectivity index (χ0) is 13.8. The van der Waals surface area contributed by atoms with Crippen LogP contribution in [0, 0.1) is 17.1 Å². The Balaban J connectivity index is 2.01. The molecule has 4 N–H and O–H groups in total. The normalized spacial score (nSPS) is 17.6. The molecule has 5 heteroatoms. The third-order valence-corrected chi connectivity index (χ3v) is 3.64. The number of piperidine rings is 1. The number of aliphatic hydroxyl groups is 1. The molecule has 1 aliphatic rings. The molecule has 0 saturated carbocycles. The fourth-order valence-corrected chi connectivity index (χ4v) is 2.48. The summed E-state index contributed by atoms with van der Waals surface area (Å²) in [6, 6.07) is 4.54. The number of benzene rings is 1. The number of aliphatic hydroxyl groups excluding tert-OH is 1. The van der Waals surface area contributed by atoms with Crippen LogP contribution in [0.2, 0.25) is 0 Å². The molecule has 0 spiro atoms. The van der Waals surface area contributed by atoms with Crippen molar-refractivity contribution >= 4 is 5.84 Å². The first-order valence-corrected chi connectivity index (χ1v) is 6.55. The zero-order valence-electron chi connectivity index (χ0n) is 10.9. The first-order chi connectivity index (χ1) is 9.08. The van der Waals surface area contributed by atoms with Crippen molar-refractivity contribution in [1.29, 1.82) is 5.41 Å². The van der Waals surface area contributed by atoms with Gasteiger partial charge in [0.1, 0.15) is 11.7 Å². The number of nitrogens with one attached hydrogen (secondary N) is 1. The van der Waals surface area contributed by atoms with Crippen LogP contribution in [0.4, 0.5) is 4.39 Å². The molecule has 0 bridgehead atoms. The van der Waals surface area contributed by atoms with Gasteiger partial charge >= 0.3 is 0 Å². The molecule has 2 rings (SSSR count). The van der Waals surface area contributed by atoms with Crippen molar-refractivity contribution in [2.45, 2.75) is 19.4 Å². The molecule has 1 aromatic rings. The summed E-state index contributed by atoms with van der Waals surface area (Å²) in [5.41, 5.74) is 6.67. The van der Waals surface area contributed by atoms with Gasteiger partial charge in [-0.1, -0.05) is 0 Å². The Hall–Kier alpha value is -1.46. The van der Waals surface area contributed by atoms with E-state index in [1.54, 1.807) is 6.07 Å². The summed E-state index contributed by atoms with van der Waals surface area (Å²) < 4.78 is 13.5. The lowest BCUT2D eigenvalue weighted by atomic mass is 9.97. The number of hydrogen-bond donors (Lipinski definition) is 3. The van der Waals surface area contributed by atoms with Crippen molar-refractivity contribution in [3.63, 3.8) is 0 Å². The summed E-state index contributed by atoms with van der Waals surface area (Å²) in [4.78, 5) is 2.24. The van der Waals surface area contributed by atoms with Crippen LogP contribution in [0.25, 0.3) is 0 Å². The standard InChI is InChI=1S/C14H20FN3O/c15-13-6-11(5-12(7-13)14(16)17)8-18-3-1-10(9-19)2-4-18/h5-7,10,19H,1-4,8-9H2,(H3,16,17). The second kappa shape index (κ2) is 6.12. The first kappa shape index (κ1) is 14.0. The van der Waals surface area contributed by atoms with Gasteiger partial charge < -0.3 is 10.8 Å². The van der Waals surface area contributed by atoms with Crippen molar-refractivity contribution < 1.29 is 9.50 Å². The van der Waals surface area contributed by atoms with Gasteiger partial charge in [-0.05, 0) is 55.6 Å². The monoisotopic (exact) mass is 265 g/mol. The van der Waals surface area contributed by atoms with Gasteiger partial charge in [-0.2, -0.15) is 0 Å². The minimum absolute atomic E-state index is 0.111. The molecule has 0 aliphatic carbocycles. The highest BCUT2D eigenvalue weighted by Gasteiger charge is 2.18. The maximum atomic E-state index is 13.5. The Morgan fingerprint density at radius 2 is 2.05 bits per heavy atom. The van der Waals surface area contributed by atoms with Gasteiger partial charge in [0.15, 0.2) is 0 Å². The molecule has 1 fully saturated rings. The second-order valence-corrected chi connectivity index (χ2v) is 5.16. The lowest BCUT2D eigenvalue weighted by Crippen LogP contribution is -2.34. The molecule has 19 heavy (non-hydrogen) atoms. The van der Waals surface area contributed by atoms with E-state index in [-0.39, 0.29) is 18.3 Å². The van der Waals surface area contributed by atoms with Crippen LogP contribution < -0.4 is 5.73 Å². The SMILES string of the molecule is N=C(N)c1cc(F)cc(CN2CCC(CO)CC2)c1. The molecule has 0 aromatic heterocycles. The van der Waals surface area contributed by atoms with Crippen LogP contribution in [0.5, 0.6) is 0 Å². The van der Waals surface area contributed by atoms with Crippen molar-refractivity contribution in [3.05, 3.63) is 35.1 Å². The number of halogens is 1. The fourth-order valence-electron chi connectivity index (χ4n) is 2.48. The number of nitrogens with zero attached hydrogens (tertiary/aromatic N) is 1. The molecular weight excluding hydrogens is 245 g/mol. The molecule has 0 amide bonds. The maximum Gasteiger partial charge on any atom is 0.124 e. The van der Waals surface area contributed by atoms with Crippen molar-refractivity contribution in [2.75, 3.05) is 19.7 Å². The Bertz CT molecular complexity index is 456. The quantitative estimate of drug-likeness (QED) is 0.568. The third-order valence-electron chi connectivity index (χ3n) is 3.64. The molecule has 1 aliphatic heterocycles. The average molecular weight is 265 g/mol. The lowest BCUT2D eigenvalue weighted by Gasteiger charge is -2.31. The summed E-state index contributed by atoms with van der Waals surface area (Å²) >= 11 is 0. The highest BCUT2D eigenvalue weighted by atomic mass is 19.1. The predicted molar refractivity (Wildman–Crippen MR) is 72.5 cm³/mol. The summed E-state index contributed by atoms with van der Waals surface area (Å²) in [5.74, 6) is -0.0655. The minimum Gasteiger partial charge on any atom is -0.396 e. The molecule has 0 radical (unpaired) electrons. The van der Waals surface area contributed by atoms with Crippen LogP contribution in [-0.2, 0) is 6.54 Å². The zero-order valence-corrected chi connectivity index (χ0v) is 10.9. The molecule has 0 atom stereocenters. The van der Waals surface area contributed by atoms with Gasteiger partial charge in [-0.3, -0.25) is 10.3 Å². The number of hydrogen-bond acceptors (Lipinski definition) is 3. The van der Waals surface area contributed by atoms with Gasteiger partial charge in [0.2, 0.25) is 0 Å². The van der Waals surface area contributed by atoms with Gasteiger partial charge in [0, 0.05) is 18.7 Å². The molecule has 0 unspecified atom stereocenters. The number of amidine groups is 1. The van der Waals surface area contributed by atoms with Crippen LogP contribution >= 0.6 is 0 Å². The molecule has 104 valence electrons. The largest absolute Gasteiger partial charge is 0.396 e. The van der Waals surface area contributed by atoms with Gasteiger partial charge in [0.25, 0.3) is 0 Å². The van der Waals surface area contributed by atoms with E-state index in [1.807, 2.05) is 0 Å². The molecule has 1 saturated heterocycles. The molecular formula is C14H20FN3O. The Kier molecular flexibility index (Phi) is 4.50. The summed E-state index contributed by atoms with van der Waals surface area (Å²) in [6.45, 7) is 2.74. The van der Waals surface area contributed by atoms with E-state index in [9.17, 15) is 4.39 Å². The summed E-state index contributed by atoms with van der Waals surface area (Å²) in [5, 5.41) is 16.5. The number of nitrogen functional groups attached to an aromatic ring is 1. The highest BCUT2D eigenvalue weighted by molar-refractivity contribution is 5.95. The molecule has 1 heterocycles. The van der Waals surface area contributed by atoms with E-state index in [0.717, 1.165) is 31.5 Å². The van der Waals surface area contributed by atoms with Crippen LogP contribution in [-0.4, -0.2) is 35.5 Å². The van der Waals surface area contributed by atoms with Crippen LogP contribution in [0.3, 0.4) is 0 Å². The predicted octanol–water partition coefficient (Wildman–Crippen LogP) is 1.31. The van der Waals surface area contributed by atoms with Gasteiger partial charge in [0.05, 0.1) is 0 Å². The lowest BCUT2D eigenvalue weighted by molar-refractivity contribution is 0.127. The van der Waals surface area contributed by atoms with E-state index in [2.05, 4.69) is 4.90 Å². The Morgan fingerprint density at radius 1 is 1.37 bits per heavy atom. The third kappa shape index (κ3) is 3.75. The van der Waals surface area contributed by atoms with Crippen molar-refractivity contribution in [2.24, 2.45) is 11.7 Å².